The van der Waals surface area contributed by atoms with Crippen LogP contribution in [0.2, 0.25) is 5.02 Å². The predicted molar refractivity (Wildman–Crippen MR) is 119 cm³/mol. The van der Waals surface area contributed by atoms with E-state index < -0.39 is 23.8 Å². The smallest absolute Gasteiger partial charge is 0.251 e. The van der Waals surface area contributed by atoms with Crippen LogP contribution in [-0.2, 0) is 21.6 Å². The number of fused-ring (bicyclic) bond motifs is 1. The van der Waals surface area contributed by atoms with E-state index in [0.717, 1.165) is 11.1 Å². The van der Waals surface area contributed by atoms with E-state index in [4.69, 9.17) is 26.8 Å². The van der Waals surface area contributed by atoms with Crippen molar-refractivity contribution in [3.63, 3.8) is 0 Å². The second kappa shape index (κ2) is 8.46. The Balaban J connectivity index is 1.91. The highest BCUT2D eigenvalue weighted by Gasteiger charge is 2.43. The van der Waals surface area contributed by atoms with Gasteiger partial charge < -0.3 is 20.5 Å². The van der Waals surface area contributed by atoms with Crippen LogP contribution in [0.25, 0.3) is 5.57 Å². The quantitative estimate of drug-likeness (QED) is 0.742. The van der Waals surface area contributed by atoms with Crippen molar-refractivity contribution in [1.29, 1.82) is 0 Å². The van der Waals surface area contributed by atoms with E-state index in [2.05, 4.69) is 5.32 Å². The molecule has 0 bridgehead atoms. The maximum atomic E-state index is 15.7. The number of methoxy groups -OCH3 is 1. The first-order valence-electron chi connectivity index (χ1n) is 10.0. The first-order chi connectivity index (χ1) is 15.0. The fraction of sp³-hybridized carbons (Fsp3) is 0.292. The Labute approximate surface area is 185 Å². The fourth-order valence-electron chi connectivity index (χ4n) is 4.32. The average molecular weight is 443 g/mol. The molecule has 1 heterocycles. The summed E-state index contributed by atoms with van der Waals surface area (Å²) in [6.45, 7) is 0.226. The summed E-state index contributed by atoms with van der Waals surface area (Å²) in [4.78, 5) is 12.6. The number of likely N-dealkylation sites (N-methyl/N-ethyl adjacent to an activating group) is 1. The van der Waals surface area contributed by atoms with Gasteiger partial charge in [0.2, 0.25) is 0 Å². The van der Waals surface area contributed by atoms with E-state index in [1.54, 1.807) is 24.3 Å². The molecule has 2 aromatic rings. The predicted octanol–water partition coefficient (Wildman–Crippen LogP) is 3.55. The van der Waals surface area contributed by atoms with Crippen molar-refractivity contribution in [2.24, 2.45) is 5.73 Å². The van der Waals surface area contributed by atoms with E-state index in [9.17, 15) is 4.79 Å². The molecule has 0 fully saturated rings. The molecule has 31 heavy (non-hydrogen) atoms. The SMILES string of the molecule is CNC(=O)C1=C(c2c(Cl)ccc3c2C[C@@](CN)(c2ccccc2)O3)C(F)[C@@H](OC)C=C1. The summed E-state index contributed by atoms with van der Waals surface area (Å²) >= 11 is 6.61. The molecule has 0 spiro atoms. The van der Waals surface area contributed by atoms with E-state index in [1.165, 1.54) is 14.2 Å². The molecule has 1 unspecified atom stereocenters. The van der Waals surface area contributed by atoms with Gasteiger partial charge in [-0.15, -0.1) is 0 Å². The summed E-state index contributed by atoms with van der Waals surface area (Å²) in [6, 6.07) is 13.1. The van der Waals surface area contributed by atoms with Gasteiger partial charge in [-0.2, -0.15) is 0 Å². The third kappa shape index (κ3) is 3.55. The largest absolute Gasteiger partial charge is 0.481 e. The second-order valence-electron chi connectivity index (χ2n) is 7.61. The van der Waals surface area contributed by atoms with Gasteiger partial charge in [0.25, 0.3) is 5.91 Å². The van der Waals surface area contributed by atoms with Crippen LogP contribution in [0.15, 0.2) is 60.2 Å². The van der Waals surface area contributed by atoms with Gasteiger partial charge in [0, 0.05) is 54.4 Å². The summed E-state index contributed by atoms with van der Waals surface area (Å²) in [5.41, 5.74) is 7.90. The highest BCUT2D eigenvalue weighted by Crippen LogP contribution is 2.48. The minimum Gasteiger partial charge on any atom is -0.481 e. The maximum absolute atomic E-state index is 15.7. The van der Waals surface area contributed by atoms with E-state index in [0.29, 0.717) is 22.8 Å². The van der Waals surface area contributed by atoms with Crippen molar-refractivity contribution in [2.45, 2.75) is 24.3 Å². The number of nitrogens with two attached hydrogens (primary N) is 1. The summed E-state index contributed by atoms with van der Waals surface area (Å²) in [5, 5.41) is 2.92. The molecule has 1 aliphatic carbocycles. The lowest BCUT2D eigenvalue weighted by atomic mass is 9.82. The third-order valence-corrected chi connectivity index (χ3v) is 6.25. The van der Waals surface area contributed by atoms with Crippen LogP contribution >= 0.6 is 11.6 Å². The standard InChI is InChI=1S/C24H24ClFN2O3/c1-28-23(29)15-8-10-19(30-2)22(26)21(15)20-16-12-24(13-27,14-6-4-3-5-7-14)31-18(16)11-9-17(20)25/h3-11,19,22H,12-13,27H2,1-2H3,(H,28,29)/t19-,22?,24+/m0/s1. The molecule has 0 aromatic heterocycles. The van der Waals surface area contributed by atoms with Crippen molar-refractivity contribution >= 4 is 23.1 Å². The van der Waals surface area contributed by atoms with Gasteiger partial charge in [0.1, 0.15) is 11.9 Å². The zero-order chi connectivity index (χ0) is 22.2. The number of halogens is 2. The second-order valence-corrected chi connectivity index (χ2v) is 8.02. The van der Waals surface area contributed by atoms with Crippen LogP contribution in [0.1, 0.15) is 16.7 Å². The molecule has 162 valence electrons. The third-order valence-electron chi connectivity index (χ3n) is 5.94. The Kier molecular flexibility index (Phi) is 5.88. The molecule has 7 heteroatoms. The zero-order valence-electron chi connectivity index (χ0n) is 17.3. The zero-order valence-corrected chi connectivity index (χ0v) is 18.1. The molecular weight excluding hydrogens is 419 g/mol. The first kappa shape index (κ1) is 21.6. The van der Waals surface area contributed by atoms with E-state index >= 15 is 4.39 Å². The Morgan fingerprint density at radius 2 is 2.06 bits per heavy atom. The van der Waals surface area contributed by atoms with Crippen molar-refractivity contribution in [1.82, 2.24) is 5.32 Å². The van der Waals surface area contributed by atoms with Gasteiger partial charge in [-0.05, 0) is 17.7 Å². The topological polar surface area (TPSA) is 73.6 Å². The number of hydrogen-bond donors (Lipinski definition) is 2. The molecule has 3 atom stereocenters. The Morgan fingerprint density at radius 1 is 1.32 bits per heavy atom. The van der Waals surface area contributed by atoms with Crippen molar-refractivity contribution in [2.75, 3.05) is 20.7 Å². The summed E-state index contributed by atoms with van der Waals surface area (Å²) in [7, 11) is 2.94. The van der Waals surface area contributed by atoms with Crippen LogP contribution in [-0.4, -0.2) is 38.9 Å². The lowest BCUT2D eigenvalue weighted by Gasteiger charge is -2.28. The number of carbonyl (C=O) groups excluding carboxylic acids is 1. The van der Waals surface area contributed by atoms with Gasteiger partial charge >= 0.3 is 0 Å². The molecule has 0 radical (unpaired) electrons. The molecule has 2 aliphatic rings. The summed E-state index contributed by atoms with van der Waals surface area (Å²) < 4.78 is 27.3. The molecule has 4 rings (SSSR count). The molecule has 2 aromatic carbocycles. The molecule has 3 N–H and O–H groups in total. The normalized spacial score (nSPS) is 24.7. The summed E-state index contributed by atoms with van der Waals surface area (Å²) in [5.74, 6) is 0.178. The first-order valence-corrected chi connectivity index (χ1v) is 10.4. The molecule has 1 aliphatic heterocycles. The maximum Gasteiger partial charge on any atom is 0.251 e. The number of carbonyl (C=O) groups is 1. The van der Waals surface area contributed by atoms with E-state index in [-0.39, 0.29) is 17.7 Å². The lowest BCUT2D eigenvalue weighted by Crippen LogP contribution is -2.39. The molecule has 5 nitrogen and oxygen atoms in total. The van der Waals surface area contributed by atoms with Crippen molar-refractivity contribution in [3.05, 3.63) is 81.9 Å². The lowest BCUT2D eigenvalue weighted by molar-refractivity contribution is -0.116. The average Bonchev–Trinajstić information content (AvgIpc) is 3.20. The van der Waals surface area contributed by atoms with Crippen LogP contribution in [0.4, 0.5) is 4.39 Å². The number of ether oxygens (including phenoxy) is 2. The summed E-state index contributed by atoms with van der Waals surface area (Å²) in [6.07, 6.45) is 1.12. The molecule has 0 saturated carbocycles. The number of benzene rings is 2. The van der Waals surface area contributed by atoms with Gasteiger partial charge in [0.05, 0.1) is 0 Å². The minimum atomic E-state index is -1.57. The van der Waals surface area contributed by atoms with Gasteiger partial charge in [-0.1, -0.05) is 54.1 Å². The molecular formula is C24H24ClFN2O3. The highest BCUT2D eigenvalue weighted by molar-refractivity contribution is 6.33. The van der Waals surface area contributed by atoms with Crippen molar-refractivity contribution < 1.29 is 18.7 Å². The van der Waals surface area contributed by atoms with Crippen molar-refractivity contribution in [3.8, 4) is 5.75 Å². The van der Waals surface area contributed by atoms with Crippen LogP contribution in [0, 0.1) is 0 Å². The number of amides is 1. The Hall–Kier alpha value is -2.67. The minimum absolute atomic E-state index is 0.194. The molecule has 1 amide bonds. The fourth-order valence-corrected chi connectivity index (χ4v) is 4.60. The number of alkyl halides is 1. The van der Waals surface area contributed by atoms with Gasteiger partial charge in [-0.3, -0.25) is 4.79 Å². The Morgan fingerprint density at radius 3 is 2.71 bits per heavy atom. The van der Waals surface area contributed by atoms with Gasteiger partial charge in [-0.25, -0.2) is 4.39 Å². The van der Waals surface area contributed by atoms with Crippen LogP contribution < -0.4 is 15.8 Å². The van der Waals surface area contributed by atoms with Gasteiger partial charge in [0.15, 0.2) is 11.8 Å². The number of hydrogen-bond acceptors (Lipinski definition) is 4. The Bertz CT molecular complexity index is 1070. The van der Waals surface area contributed by atoms with E-state index in [1.807, 2.05) is 30.3 Å². The highest BCUT2D eigenvalue weighted by atomic mass is 35.5. The van der Waals surface area contributed by atoms with Crippen LogP contribution in [0.3, 0.4) is 0 Å². The molecule has 0 saturated heterocycles. The number of nitrogens with one attached hydrogen (secondary N) is 1. The number of rotatable bonds is 5. The van der Waals surface area contributed by atoms with Crippen LogP contribution in [0.5, 0.6) is 5.75 Å². The monoisotopic (exact) mass is 442 g/mol.